The summed E-state index contributed by atoms with van der Waals surface area (Å²) in [4.78, 5) is 34.6. The molecule has 3 rings (SSSR count). The Labute approximate surface area is 191 Å². The normalized spacial score (nSPS) is 15.8. The van der Waals surface area contributed by atoms with E-state index >= 15 is 0 Å². The molecule has 1 saturated heterocycles. The molecule has 1 unspecified atom stereocenters. The highest BCUT2D eigenvalue weighted by molar-refractivity contribution is 7.13. The highest BCUT2D eigenvalue weighted by Crippen LogP contribution is 2.22. The fraction of sp³-hybridized carbons (Fsp3) is 0.476. The number of amides is 2. The third kappa shape index (κ3) is 5.86. The lowest BCUT2D eigenvalue weighted by Gasteiger charge is -2.28. The first-order valence-electron chi connectivity index (χ1n) is 10.0. The predicted molar refractivity (Wildman–Crippen MR) is 123 cm³/mol. The van der Waals surface area contributed by atoms with Crippen LogP contribution in [0.25, 0.3) is 0 Å². The quantitative estimate of drug-likeness (QED) is 0.684. The number of nitrogens with one attached hydrogen (secondary N) is 1. The van der Waals surface area contributed by atoms with Crippen molar-refractivity contribution in [3.8, 4) is 0 Å². The van der Waals surface area contributed by atoms with Gasteiger partial charge in [-0.25, -0.2) is 4.98 Å². The fourth-order valence-electron chi connectivity index (χ4n) is 3.52. The molecule has 1 fully saturated rings. The SMILES string of the molecule is CC(C)CC(NC(=O)c1ccc(Cl)cc1Cl)C(=O)N1CCCN(c2nccs2)CC1. The summed E-state index contributed by atoms with van der Waals surface area (Å²) in [6.07, 6.45) is 3.21. The van der Waals surface area contributed by atoms with Crippen LogP contribution in [-0.2, 0) is 4.79 Å². The Hall–Kier alpha value is -1.83. The van der Waals surface area contributed by atoms with Crippen molar-refractivity contribution in [2.75, 3.05) is 31.1 Å². The monoisotopic (exact) mass is 468 g/mol. The van der Waals surface area contributed by atoms with Gasteiger partial charge in [-0.2, -0.15) is 0 Å². The number of aromatic nitrogens is 1. The summed E-state index contributed by atoms with van der Waals surface area (Å²) in [6, 6.07) is 4.12. The van der Waals surface area contributed by atoms with E-state index in [1.54, 1.807) is 29.7 Å². The van der Waals surface area contributed by atoms with Crippen LogP contribution >= 0.6 is 34.5 Å². The smallest absolute Gasteiger partial charge is 0.253 e. The lowest BCUT2D eigenvalue weighted by Crippen LogP contribution is -2.50. The number of hydrogen-bond donors (Lipinski definition) is 1. The molecule has 2 aromatic rings. The zero-order chi connectivity index (χ0) is 21.7. The van der Waals surface area contributed by atoms with Gasteiger partial charge in [0.05, 0.1) is 10.6 Å². The van der Waals surface area contributed by atoms with E-state index in [9.17, 15) is 9.59 Å². The third-order valence-corrected chi connectivity index (χ3v) is 6.36. The Morgan fingerprint density at radius 2 is 2.00 bits per heavy atom. The molecule has 0 radical (unpaired) electrons. The minimum Gasteiger partial charge on any atom is -0.346 e. The standard InChI is InChI=1S/C21H26Cl2N4O2S/c1-14(2)12-18(25-19(28)16-5-4-15(22)13-17(16)23)20(29)26-7-3-8-27(10-9-26)21-24-6-11-30-21/h4-6,11,13-14,18H,3,7-10,12H2,1-2H3,(H,25,28). The molecule has 1 aromatic heterocycles. The summed E-state index contributed by atoms with van der Waals surface area (Å²) >= 11 is 13.7. The van der Waals surface area contributed by atoms with Gasteiger partial charge in [-0.05, 0) is 37.0 Å². The van der Waals surface area contributed by atoms with E-state index in [0.29, 0.717) is 30.1 Å². The van der Waals surface area contributed by atoms with E-state index in [-0.39, 0.29) is 22.8 Å². The maximum absolute atomic E-state index is 13.3. The minimum atomic E-state index is -0.601. The number of nitrogens with zero attached hydrogens (tertiary/aromatic N) is 3. The highest BCUT2D eigenvalue weighted by atomic mass is 35.5. The molecule has 1 aliphatic heterocycles. The van der Waals surface area contributed by atoms with Gasteiger partial charge in [-0.3, -0.25) is 9.59 Å². The molecule has 0 aliphatic carbocycles. The van der Waals surface area contributed by atoms with E-state index < -0.39 is 6.04 Å². The highest BCUT2D eigenvalue weighted by Gasteiger charge is 2.29. The first-order chi connectivity index (χ1) is 14.3. The van der Waals surface area contributed by atoms with E-state index in [4.69, 9.17) is 23.2 Å². The van der Waals surface area contributed by atoms with Crippen molar-refractivity contribution in [3.63, 3.8) is 0 Å². The number of benzene rings is 1. The van der Waals surface area contributed by atoms with Crippen LogP contribution in [0.3, 0.4) is 0 Å². The number of anilines is 1. The number of thiazole rings is 1. The molecule has 6 nitrogen and oxygen atoms in total. The molecule has 2 amide bonds. The van der Waals surface area contributed by atoms with E-state index in [1.807, 2.05) is 24.1 Å². The summed E-state index contributed by atoms with van der Waals surface area (Å²) < 4.78 is 0. The molecule has 9 heteroatoms. The van der Waals surface area contributed by atoms with Crippen LogP contribution in [0.4, 0.5) is 5.13 Å². The Morgan fingerprint density at radius 3 is 2.67 bits per heavy atom. The second kappa shape index (κ2) is 10.5. The molecule has 1 N–H and O–H groups in total. The molecule has 162 valence electrons. The molecule has 1 aromatic carbocycles. The maximum atomic E-state index is 13.3. The zero-order valence-electron chi connectivity index (χ0n) is 17.1. The molecular weight excluding hydrogens is 443 g/mol. The van der Waals surface area contributed by atoms with Gasteiger partial charge in [-0.1, -0.05) is 37.0 Å². The summed E-state index contributed by atoms with van der Waals surface area (Å²) in [7, 11) is 0. The van der Waals surface area contributed by atoms with Crippen LogP contribution in [0.5, 0.6) is 0 Å². The second-order valence-corrected chi connectivity index (χ2v) is 9.48. The van der Waals surface area contributed by atoms with Crippen molar-refractivity contribution >= 4 is 51.5 Å². The van der Waals surface area contributed by atoms with Gasteiger partial charge >= 0.3 is 0 Å². The molecule has 0 spiro atoms. The van der Waals surface area contributed by atoms with Crippen LogP contribution in [-0.4, -0.2) is 53.9 Å². The van der Waals surface area contributed by atoms with Gasteiger partial charge in [0.25, 0.3) is 5.91 Å². The number of hydrogen-bond acceptors (Lipinski definition) is 5. The number of carbonyl (C=O) groups excluding carboxylic acids is 2. The number of rotatable bonds is 6. The topological polar surface area (TPSA) is 65.5 Å². The van der Waals surface area contributed by atoms with Crippen LogP contribution < -0.4 is 10.2 Å². The first kappa shape index (κ1) is 22.8. The summed E-state index contributed by atoms with van der Waals surface area (Å²) in [5.41, 5.74) is 0.313. The van der Waals surface area contributed by atoms with Gasteiger partial charge < -0.3 is 15.1 Å². The first-order valence-corrected chi connectivity index (χ1v) is 11.7. The summed E-state index contributed by atoms with van der Waals surface area (Å²) in [6.45, 7) is 6.92. The lowest BCUT2D eigenvalue weighted by atomic mass is 10.0. The molecule has 0 bridgehead atoms. The predicted octanol–water partition coefficient (Wildman–Crippen LogP) is 4.33. The van der Waals surface area contributed by atoms with E-state index in [0.717, 1.165) is 24.6 Å². The maximum Gasteiger partial charge on any atom is 0.253 e. The molecule has 2 heterocycles. The molecular formula is C21H26Cl2N4O2S. The minimum absolute atomic E-state index is 0.0527. The van der Waals surface area contributed by atoms with Gasteiger partial charge in [0.1, 0.15) is 6.04 Å². The zero-order valence-corrected chi connectivity index (χ0v) is 19.4. The average Bonchev–Trinajstić information content (AvgIpc) is 3.11. The van der Waals surface area contributed by atoms with Gasteiger partial charge in [-0.15, -0.1) is 11.3 Å². The second-order valence-electron chi connectivity index (χ2n) is 7.76. The van der Waals surface area contributed by atoms with Crippen molar-refractivity contribution in [2.45, 2.75) is 32.7 Å². The van der Waals surface area contributed by atoms with Crippen molar-refractivity contribution in [2.24, 2.45) is 5.92 Å². The summed E-state index contributed by atoms with van der Waals surface area (Å²) in [5.74, 6) is -0.170. The van der Waals surface area contributed by atoms with Crippen molar-refractivity contribution in [1.82, 2.24) is 15.2 Å². The van der Waals surface area contributed by atoms with Crippen LogP contribution in [0.1, 0.15) is 37.0 Å². The lowest BCUT2D eigenvalue weighted by molar-refractivity contribution is -0.133. The molecule has 1 atom stereocenters. The Kier molecular flexibility index (Phi) is 7.97. The summed E-state index contributed by atoms with van der Waals surface area (Å²) in [5, 5.41) is 6.56. The van der Waals surface area contributed by atoms with Crippen LogP contribution in [0, 0.1) is 5.92 Å². The van der Waals surface area contributed by atoms with Crippen molar-refractivity contribution in [3.05, 3.63) is 45.4 Å². The largest absolute Gasteiger partial charge is 0.346 e. The number of halogens is 2. The van der Waals surface area contributed by atoms with Crippen molar-refractivity contribution in [1.29, 1.82) is 0 Å². The molecule has 1 aliphatic rings. The van der Waals surface area contributed by atoms with E-state index in [2.05, 4.69) is 15.2 Å². The van der Waals surface area contributed by atoms with Crippen molar-refractivity contribution < 1.29 is 9.59 Å². The fourth-order valence-corrected chi connectivity index (χ4v) is 4.72. The molecule has 30 heavy (non-hydrogen) atoms. The Morgan fingerprint density at radius 1 is 1.20 bits per heavy atom. The van der Waals surface area contributed by atoms with Crippen LogP contribution in [0.2, 0.25) is 10.0 Å². The van der Waals surface area contributed by atoms with E-state index in [1.165, 1.54) is 6.07 Å². The molecule has 0 saturated carbocycles. The van der Waals surface area contributed by atoms with Crippen LogP contribution in [0.15, 0.2) is 29.8 Å². The average molecular weight is 469 g/mol. The Balaban J connectivity index is 1.69. The Bertz CT molecular complexity index is 876. The van der Waals surface area contributed by atoms with Gasteiger partial charge in [0.15, 0.2) is 5.13 Å². The van der Waals surface area contributed by atoms with Gasteiger partial charge in [0, 0.05) is 42.8 Å². The third-order valence-electron chi connectivity index (χ3n) is 4.98. The number of carbonyl (C=O) groups is 2. The van der Waals surface area contributed by atoms with Gasteiger partial charge in [0.2, 0.25) is 5.91 Å².